The molecule has 192 valence electrons. The van der Waals surface area contributed by atoms with Crippen LogP contribution in [0, 0.1) is 0 Å². The van der Waals surface area contributed by atoms with Crippen LogP contribution in [0.3, 0.4) is 0 Å². The number of aromatic nitrogens is 2. The van der Waals surface area contributed by atoms with Crippen molar-refractivity contribution >= 4 is 39.8 Å². The van der Waals surface area contributed by atoms with Gasteiger partial charge in [0.15, 0.2) is 0 Å². The SMILES string of the molecule is CN1CCN(c2ccc(-c3ccc4[nH]c5nccc(/C=C/c6ccccc6C(F)(F)F)c5c4c3)cc2)CC1. The molecule has 0 aliphatic carbocycles. The third-order valence-electron chi connectivity index (χ3n) is 7.30. The fourth-order valence-electron chi connectivity index (χ4n) is 5.17. The second-order valence-electron chi connectivity index (χ2n) is 9.76. The van der Waals surface area contributed by atoms with E-state index < -0.39 is 11.7 Å². The maximum atomic E-state index is 13.5. The molecule has 38 heavy (non-hydrogen) atoms. The maximum Gasteiger partial charge on any atom is 0.416 e. The lowest BCUT2D eigenvalue weighted by Gasteiger charge is -2.34. The third-order valence-corrected chi connectivity index (χ3v) is 7.30. The van der Waals surface area contributed by atoms with E-state index in [0.717, 1.165) is 65.2 Å². The molecular weight excluding hydrogens is 485 g/mol. The summed E-state index contributed by atoms with van der Waals surface area (Å²) in [5, 5.41) is 1.87. The summed E-state index contributed by atoms with van der Waals surface area (Å²) in [6.45, 7) is 4.17. The van der Waals surface area contributed by atoms with Gasteiger partial charge >= 0.3 is 6.18 Å². The summed E-state index contributed by atoms with van der Waals surface area (Å²) in [7, 11) is 2.15. The molecule has 3 aromatic carbocycles. The van der Waals surface area contributed by atoms with Crippen LogP contribution in [0.15, 0.2) is 79.0 Å². The summed E-state index contributed by atoms with van der Waals surface area (Å²) in [4.78, 5) is 12.6. The second kappa shape index (κ2) is 9.65. The van der Waals surface area contributed by atoms with Gasteiger partial charge in [-0.2, -0.15) is 13.2 Å². The molecule has 0 unspecified atom stereocenters. The molecule has 0 spiro atoms. The summed E-state index contributed by atoms with van der Waals surface area (Å²) < 4.78 is 40.5. The Kier molecular flexibility index (Phi) is 6.16. The molecular formula is C31H27F3N4. The van der Waals surface area contributed by atoms with Crippen molar-refractivity contribution in [3.05, 3.63) is 95.7 Å². The standard InChI is InChI=1S/C31H27F3N4/c1-37-16-18-38(19-17-37)25-11-8-21(9-12-25)24-10-13-28-26(20-24)29-23(14-15-35-30(29)36-28)7-6-22-4-2-3-5-27(22)31(32,33)34/h2-15,20H,16-19H2,1H3,(H,35,36)/b7-6+. The molecule has 1 aliphatic heterocycles. The molecule has 5 aromatic rings. The Bertz CT molecular complexity index is 1630. The van der Waals surface area contributed by atoms with Gasteiger partial charge in [-0.3, -0.25) is 0 Å². The van der Waals surface area contributed by atoms with E-state index in [0.29, 0.717) is 5.65 Å². The molecule has 0 amide bonds. The van der Waals surface area contributed by atoms with Gasteiger partial charge in [-0.25, -0.2) is 4.98 Å². The number of piperazine rings is 1. The Morgan fingerprint density at radius 1 is 0.816 bits per heavy atom. The van der Waals surface area contributed by atoms with E-state index in [2.05, 4.69) is 63.2 Å². The number of halogens is 3. The highest BCUT2D eigenvalue weighted by Gasteiger charge is 2.32. The Hall–Kier alpha value is -4.10. The van der Waals surface area contributed by atoms with E-state index in [9.17, 15) is 13.2 Å². The molecule has 1 saturated heterocycles. The minimum absolute atomic E-state index is 0.130. The van der Waals surface area contributed by atoms with Gasteiger partial charge in [0.25, 0.3) is 0 Å². The average Bonchev–Trinajstić information content (AvgIpc) is 3.31. The van der Waals surface area contributed by atoms with Crippen LogP contribution in [0.2, 0.25) is 0 Å². The van der Waals surface area contributed by atoms with E-state index in [1.165, 1.54) is 23.9 Å². The number of nitrogens with zero attached hydrogens (tertiary/aromatic N) is 3. The zero-order chi connectivity index (χ0) is 26.3. The van der Waals surface area contributed by atoms with Gasteiger partial charge in [-0.05, 0) is 65.7 Å². The number of nitrogens with one attached hydrogen (secondary N) is 1. The first-order valence-corrected chi connectivity index (χ1v) is 12.7. The van der Waals surface area contributed by atoms with Crippen LogP contribution >= 0.6 is 0 Å². The first-order valence-electron chi connectivity index (χ1n) is 12.7. The summed E-state index contributed by atoms with van der Waals surface area (Å²) in [5.74, 6) is 0. The molecule has 1 N–H and O–H groups in total. The Morgan fingerprint density at radius 2 is 1.53 bits per heavy atom. The van der Waals surface area contributed by atoms with E-state index in [-0.39, 0.29) is 5.56 Å². The van der Waals surface area contributed by atoms with Gasteiger partial charge in [0.1, 0.15) is 5.65 Å². The minimum Gasteiger partial charge on any atom is -0.369 e. The highest BCUT2D eigenvalue weighted by molar-refractivity contribution is 6.11. The van der Waals surface area contributed by atoms with Crippen molar-refractivity contribution < 1.29 is 13.2 Å². The van der Waals surface area contributed by atoms with Gasteiger partial charge in [-0.15, -0.1) is 0 Å². The highest BCUT2D eigenvalue weighted by atomic mass is 19.4. The van der Waals surface area contributed by atoms with Gasteiger partial charge in [0, 0.05) is 54.4 Å². The fourth-order valence-corrected chi connectivity index (χ4v) is 5.17. The number of hydrogen-bond donors (Lipinski definition) is 1. The first kappa shape index (κ1) is 24.2. The van der Waals surface area contributed by atoms with E-state index >= 15 is 0 Å². The lowest BCUT2D eigenvalue weighted by molar-refractivity contribution is -0.137. The molecule has 0 saturated carbocycles. The summed E-state index contributed by atoms with van der Waals surface area (Å²) in [6, 6.07) is 22.3. The summed E-state index contributed by atoms with van der Waals surface area (Å²) >= 11 is 0. The van der Waals surface area contributed by atoms with Crippen LogP contribution in [0.1, 0.15) is 16.7 Å². The van der Waals surface area contributed by atoms with Crippen molar-refractivity contribution in [2.45, 2.75) is 6.18 Å². The minimum atomic E-state index is -4.41. The summed E-state index contributed by atoms with van der Waals surface area (Å²) in [6.07, 6.45) is 0.520. The fraction of sp³-hybridized carbons (Fsp3) is 0.194. The van der Waals surface area contributed by atoms with Gasteiger partial charge in [0.05, 0.1) is 5.56 Å². The number of pyridine rings is 1. The van der Waals surface area contributed by atoms with Crippen molar-refractivity contribution in [2.24, 2.45) is 0 Å². The smallest absolute Gasteiger partial charge is 0.369 e. The number of anilines is 1. The number of H-pyrrole nitrogens is 1. The quantitative estimate of drug-likeness (QED) is 0.274. The van der Waals surface area contributed by atoms with Gasteiger partial charge in [0.2, 0.25) is 0 Å². The van der Waals surface area contributed by atoms with Crippen LogP contribution in [0.5, 0.6) is 0 Å². The molecule has 3 heterocycles. The van der Waals surface area contributed by atoms with Crippen LogP contribution < -0.4 is 4.90 Å². The van der Waals surface area contributed by atoms with Crippen LogP contribution in [0.4, 0.5) is 18.9 Å². The third kappa shape index (κ3) is 4.65. The van der Waals surface area contributed by atoms with E-state index in [1.54, 1.807) is 18.3 Å². The molecule has 4 nitrogen and oxygen atoms in total. The predicted octanol–water partition coefficient (Wildman–Crippen LogP) is 7.32. The molecule has 7 heteroatoms. The number of alkyl halides is 3. The van der Waals surface area contributed by atoms with E-state index in [4.69, 9.17) is 0 Å². The number of hydrogen-bond acceptors (Lipinski definition) is 3. The number of likely N-dealkylation sites (N-methyl/N-ethyl adjacent to an activating group) is 1. The molecule has 0 bridgehead atoms. The lowest BCUT2D eigenvalue weighted by Crippen LogP contribution is -2.44. The van der Waals surface area contributed by atoms with Crippen molar-refractivity contribution in [3.8, 4) is 11.1 Å². The Balaban J connectivity index is 1.36. The Morgan fingerprint density at radius 3 is 2.29 bits per heavy atom. The van der Waals surface area contributed by atoms with Crippen LogP contribution in [0.25, 0.3) is 45.2 Å². The van der Waals surface area contributed by atoms with Crippen LogP contribution in [-0.4, -0.2) is 48.1 Å². The van der Waals surface area contributed by atoms with Crippen LogP contribution in [-0.2, 0) is 6.18 Å². The zero-order valence-corrected chi connectivity index (χ0v) is 21.0. The normalized spacial score (nSPS) is 15.2. The van der Waals surface area contributed by atoms with Crippen molar-refractivity contribution in [3.63, 3.8) is 0 Å². The largest absolute Gasteiger partial charge is 0.416 e. The zero-order valence-electron chi connectivity index (χ0n) is 21.0. The number of aromatic amines is 1. The van der Waals surface area contributed by atoms with Crippen molar-refractivity contribution in [1.29, 1.82) is 0 Å². The number of benzene rings is 3. The van der Waals surface area contributed by atoms with E-state index in [1.807, 2.05) is 12.1 Å². The van der Waals surface area contributed by atoms with Gasteiger partial charge < -0.3 is 14.8 Å². The molecule has 6 rings (SSSR count). The lowest BCUT2D eigenvalue weighted by atomic mass is 10.0. The highest BCUT2D eigenvalue weighted by Crippen LogP contribution is 2.35. The number of rotatable bonds is 4. The second-order valence-corrected chi connectivity index (χ2v) is 9.76. The monoisotopic (exact) mass is 512 g/mol. The molecule has 1 fully saturated rings. The molecule has 0 radical (unpaired) electrons. The average molecular weight is 513 g/mol. The topological polar surface area (TPSA) is 35.2 Å². The first-order chi connectivity index (χ1) is 18.4. The van der Waals surface area contributed by atoms with Gasteiger partial charge in [-0.1, -0.05) is 48.6 Å². The van der Waals surface area contributed by atoms with Crippen molar-refractivity contribution in [2.75, 3.05) is 38.1 Å². The number of fused-ring (bicyclic) bond motifs is 3. The molecule has 1 aliphatic rings. The Labute approximate surface area is 219 Å². The summed E-state index contributed by atoms with van der Waals surface area (Å²) in [5.41, 5.74) is 5.33. The molecule has 0 atom stereocenters. The molecule has 2 aromatic heterocycles. The maximum absolute atomic E-state index is 13.5. The van der Waals surface area contributed by atoms with Crippen molar-refractivity contribution in [1.82, 2.24) is 14.9 Å². The predicted molar refractivity (Wildman–Crippen MR) is 149 cm³/mol.